The molecule has 0 atom stereocenters. The van der Waals surface area contributed by atoms with Crippen LogP contribution >= 0.6 is 11.6 Å². The number of ketones is 1. The second-order valence-electron chi connectivity index (χ2n) is 4.69. The molecule has 0 aliphatic rings. The number of hydrogen-bond donors (Lipinski definition) is 1. The van der Waals surface area contributed by atoms with E-state index in [1.54, 1.807) is 0 Å². The fourth-order valence-electron chi connectivity index (χ4n) is 2.10. The van der Waals surface area contributed by atoms with Gasteiger partial charge < -0.3 is 5.73 Å². The quantitative estimate of drug-likeness (QED) is 0.710. The maximum absolute atomic E-state index is 12.0. The summed E-state index contributed by atoms with van der Waals surface area (Å²) in [6, 6.07) is 0. The van der Waals surface area contributed by atoms with Crippen LogP contribution in [0.3, 0.4) is 0 Å². The highest BCUT2D eigenvalue weighted by Gasteiger charge is 2.16. The maximum Gasteiger partial charge on any atom is 0.138 e. The number of carbonyl (C=O) groups excluding carboxylic acids is 1. The monoisotopic (exact) mass is 285 g/mol. The minimum Gasteiger partial charge on any atom is -0.330 e. The Morgan fingerprint density at radius 3 is 2.63 bits per heavy atom. The summed E-state index contributed by atoms with van der Waals surface area (Å²) in [7, 11) is 0. The number of aromatic nitrogens is 2. The SMILES string of the molecule is CCc1nn(CC)c(CC(=O)CCCCCN)c1Cl. The van der Waals surface area contributed by atoms with Crippen LogP contribution < -0.4 is 5.73 Å². The first-order valence-electron chi connectivity index (χ1n) is 7.09. The second kappa shape index (κ2) is 8.33. The number of unbranched alkanes of at least 4 members (excludes halogenated alkanes) is 2. The van der Waals surface area contributed by atoms with Crippen molar-refractivity contribution in [3.8, 4) is 0 Å². The molecule has 0 aliphatic carbocycles. The van der Waals surface area contributed by atoms with Crippen LogP contribution in [0.25, 0.3) is 0 Å². The molecule has 1 aromatic rings. The van der Waals surface area contributed by atoms with Gasteiger partial charge in [-0.05, 0) is 32.7 Å². The lowest BCUT2D eigenvalue weighted by Crippen LogP contribution is -2.10. The number of nitrogens with zero attached hydrogens (tertiary/aromatic N) is 2. The van der Waals surface area contributed by atoms with Gasteiger partial charge in [0.2, 0.25) is 0 Å². The van der Waals surface area contributed by atoms with Crippen LogP contribution in [0.1, 0.15) is 50.9 Å². The number of rotatable bonds is 9. The molecular weight excluding hydrogens is 262 g/mol. The lowest BCUT2D eigenvalue weighted by molar-refractivity contribution is -0.118. The van der Waals surface area contributed by atoms with Crippen molar-refractivity contribution in [2.75, 3.05) is 6.54 Å². The summed E-state index contributed by atoms with van der Waals surface area (Å²) in [4.78, 5) is 12.0. The molecule has 1 aromatic heterocycles. The molecule has 0 amide bonds. The zero-order valence-corrected chi connectivity index (χ0v) is 12.7. The first-order valence-corrected chi connectivity index (χ1v) is 7.47. The van der Waals surface area contributed by atoms with E-state index in [-0.39, 0.29) is 5.78 Å². The van der Waals surface area contributed by atoms with Crippen LogP contribution in [0.5, 0.6) is 0 Å². The van der Waals surface area contributed by atoms with E-state index in [1.807, 2.05) is 18.5 Å². The number of nitrogens with two attached hydrogens (primary N) is 1. The molecule has 0 aliphatic heterocycles. The molecule has 4 nitrogen and oxygen atoms in total. The number of halogens is 1. The lowest BCUT2D eigenvalue weighted by Gasteiger charge is -2.05. The van der Waals surface area contributed by atoms with Crippen molar-refractivity contribution in [3.63, 3.8) is 0 Å². The Labute approximate surface area is 120 Å². The van der Waals surface area contributed by atoms with Gasteiger partial charge in [-0.15, -0.1) is 0 Å². The van der Waals surface area contributed by atoms with Crippen LogP contribution in [0.15, 0.2) is 0 Å². The van der Waals surface area contributed by atoms with Gasteiger partial charge in [0.15, 0.2) is 0 Å². The Kier molecular flexibility index (Phi) is 7.10. The number of hydrogen-bond acceptors (Lipinski definition) is 3. The van der Waals surface area contributed by atoms with Gasteiger partial charge in [0.25, 0.3) is 0 Å². The second-order valence-corrected chi connectivity index (χ2v) is 5.07. The van der Waals surface area contributed by atoms with Crippen molar-refractivity contribution in [3.05, 3.63) is 16.4 Å². The van der Waals surface area contributed by atoms with E-state index < -0.39 is 0 Å². The summed E-state index contributed by atoms with van der Waals surface area (Å²) in [5.74, 6) is 0.233. The first-order chi connectivity index (χ1) is 9.13. The highest BCUT2D eigenvalue weighted by Crippen LogP contribution is 2.22. The molecular formula is C14H24ClN3O. The summed E-state index contributed by atoms with van der Waals surface area (Å²) in [5.41, 5.74) is 7.18. The molecule has 0 fully saturated rings. The third-order valence-corrected chi connectivity index (χ3v) is 3.65. The predicted octanol–water partition coefficient (Wildman–Crippen LogP) is 2.75. The summed E-state index contributed by atoms with van der Waals surface area (Å²) in [6.07, 6.45) is 4.71. The summed E-state index contributed by atoms with van der Waals surface area (Å²) in [6.45, 7) is 5.47. The Morgan fingerprint density at radius 1 is 1.32 bits per heavy atom. The van der Waals surface area contributed by atoms with E-state index in [2.05, 4.69) is 5.10 Å². The van der Waals surface area contributed by atoms with Gasteiger partial charge in [-0.1, -0.05) is 24.9 Å². The van der Waals surface area contributed by atoms with Crippen LogP contribution in [-0.4, -0.2) is 22.1 Å². The molecule has 108 valence electrons. The van der Waals surface area contributed by atoms with Crippen LogP contribution in [-0.2, 0) is 24.2 Å². The number of carbonyl (C=O) groups is 1. The molecule has 19 heavy (non-hydrogen) atoms. The third-order valence-electron chi connectivity index (χ3n) is 3.22. The zero-order valence-electron chi connectivity index (χ0n) is 11.9. The van der Waals surface area contributed by atoms with E-state index in [0.717, 1.165) is 43.6 Å². The van der Waals surface area contributed by atoms with Gasteiger partial charge in [0.1, 0.15) is 5.78 Å². The molecule has 0 spiro atoms. The average molecular weight is 286 g/mol. The minimum atomic E-state index is 0.233. The van der Waals surface area contributed by atoms with Crippen LogP contribution in [0.4, 0.5) is 0 Å². The van der Waals surface area contributed by atoms with Gasteiger partial charge in [-0.25, -0.2) is 0 Å². The molecule has 0 radical (unpaired) electrons. The van der Waals surface area contributed by atoms with Gasteiger partial charge in [-0.3, -0.25) is 9.48 Å². The molecule has 0 bridgehead atoms. The molecule has 5 heteroatoms. The highest BCUT2D eigenvalue weighted by atomic mass is 35.5. The Bertz CT molecular complexity index is 415. The van der Waals surface area contributed by atoms with Crippen LogP contribution in [0, 0.1) is 0 Å². The standard InChI is InChI=1S/C14H24ClN3O/c1-3-12-14(15)13(18(4-2)17-12)10-11(19)8-6-5-7-9-16/h3-10,16H2,1-2H3. The van der Waals surface area contributed by atoms with E-state index in [0.29, 0.717) is 24.4 Å². The van der Waals surface area contributed by atoms with Gasteiger partial charge in [-0.2, -0.15) is 5.10 Å². The maximum atomic E-state index is 12.0. The fraction of sp³-hybridized carbons (Fsp3) is 0.714. The fourth-order valence-corrected chi connectivity index (χ4v) is 2.44. The van der Waals surface area contributed by atoms with E-state index >= 15 is 0 Å². The Balaban J connectivity index is 2.60. The van der Waals surface area contributed by atoms with Crippen molar-refractivity contribution in [1.29, 1.82) is 0 Å². The molecule has 0 saturated carbocycles. The van der Waals surface area contributed by atoms with Gasteiger partial charge >= 0.3 is 0 Å². The van der Waals surface area contributed by atoms with Crippen molar-refractivity contribution in [2.45, 2.75) is 58.9 Å². The van der Waals surface area contributed by atoms with E-state index in [9.17, 15) is 4.79 Å². The Morgan fingerprint density at radius 2 is 2.05 bits per heavy atom. The average Bonchev–Trinajstić information content (AvgIpc) is 2.71. The minimum absolute atomic E-state index is 0.233. The summed E-state index contributed by atoms with van der Waals surface area (Å²) in [5, 5.41) is 5.09. The first kappa shape index (κ1) is 16.2. The molecule has 0 aromatic carbocycles. The van der Waals surface area contributed by atoms with E-state index in [1.165, 1.54) is 0 Å². The van der Waals surface area contributed by atoms with Crippen LogP contribution in [0.2, 0.25) is 5.02 Å². The van der Waals surface area contributed by atoms with Crippen molar-refractivity contribution in [1.82, 2.24) is 9.78 Å². The van der Waals surface area contributed by atoms with Crippen molar-refractivity contribution >= 4 is 17.4 Å². The molecule has 1 rings (SSSR count). The smallest absolute Gasteiger partial charge is 0.138 e. The predicted molar refractivity (Wildman–Crippen MR) is 78.5 cm³/mol. The third kappa shape index (κ3) is 4.62. The molecule has 1 heterocycles. The normalized spacial score (nSPS) is 10.9. The molecule has 2 N–H and O–H groups in total. The van der Waals surface area contributed by atoms with E-state index in [4.69, 9.17) is 17.3 Å². The van der Waals surface area contributed by atoms with Crippen molar-refractivity contribution in [2.24, 2.45) is 5.73 Å². The number of aryl methyl sites for hydroxylation is 2. The highest BCUT2D eigenvalue weighted by molar-refractivity contribution is 6.32. The summed E-state index contributed by atoms with van der Waals surface area (Å²) >= 11 is 6.28. The lowest BCUT2D eigenvalue weighted by atomic mass is 10.1. The van der Waals surface area contributed by atoms with Crippen molar-refractivity contribution < 1.29 is 4.79 Å². The molecule has 0 unspecified atom stereocenters. The Hall–Kier alpha value is -0.870. The summed E-state index contributed by atoms with van der Waals surface area (Å²) < 4.78 is 1.85. The largest absolute Gasteiger partial charge is 0.330 e. The number of Topliss-reactive ketones (excluding diaryl/α,β-unsaturated/α-hetero) is 1. The molecule has 0 saturated heterocycles. The zero-order chi connectivity index (χ0) is 14.3. The topological polar surface area (TPSA) is 60.9 Å². The van der Waals surface area contributed by atoms with Gasteiger partial charge in [0, 0.05) is 19.4 Å². The van der Waals surface area contributed by atoms with Gasteiger partial charge in [0.05, 0.1) is 16.4 Å².